The van der Waals surface area contributed by atoms with Gasteiger partial charge in [-0.1, -0.05) is 18.2 Å². The lowest BCUT2D eigenvalue weighted by Crippen LogP contribution is -3.13. The highest BCUT2D eigenvalue weighted by Crippen LogP contribution is 2.16. The first kappa shape index (κ1) is 21.4. The van der Waals surface area contributed by atoms with Crippen LogP contribution in [0.3, 0.4) is 0 Å². The number of aromatic amines is 1. The summed E-state index contributed by atoms with van der Waals surface area (Å²) in [5.74, 6) is 1.15. The number of fused-ring (bicyclic) bond motifs is 1. The van der Waals surface area contributed by atoms with Crippen LogP contribution in [-0.2, 0) is 22.4 Å². The number of rotatable bonds is 10. The number of nitrogens with zero attached hydrogens (tertiary/aromatic N) is 1. The van der Waals surface area contributed by atoms with E-state index in [0.29, 0.717) is 44.1 Å². The minimum atomic E-state index is -0.662. The van der Waals surface area contributed by atoms with E-state index in [2.05, 4.69) is 9.97 Å². The Morgan fingerprint density at radius 3 is 2.62 bits per heavy atom. The molecule has 1 aromatic heterocycles. The van der Waals surface area contributed by atoms with Crippen LogP contribution in [0.2, 0.25) is 0 Å². The SMILES string of the molecule is CCOC(OCC)c1nc2c(c(=O)[nH]1)C[NH+](C[C@H](O)COc1ccccc1)CC2. The molecule has 29 heavy (non-hydrogen) atoms. The molecule has 0 radical (unpaired) electrons. The van der Waals surface area contributed by atoms with E-state index >= 15 is 0 Å². The van der Waals surface area contributed by atoms with Crippen LogP contribution < -0.4 is 15.2 Å². The molecule has 0 aliphatic carbocycles. The third kappa shape index (κ3) is 5.86. The summed E-state index contributed by atoms with van der Waals surface area (Å²) in [5.41, 5.74) is 1.28. The number of benzene rings is 1. The molecule has 0 bridgehead atoms. The lowest BCUT2D eigenvalue weighted by atomic mass is 10.1. The van der Waals surface area contributed by atoms with Gasteiger partial charge in [-0.05, 0) is 26.0 Å². The summed E-state index contributed by atoms with van der Waals surface area (Å²) < 4.78 is 16.7. The monoisotopic (exact) mass is 404 g/mol. The molecule has 0 amide bonds. The van der Waals surface area contributed by atoms with Crippen molar-refractivity contribution in [3.05, 3.63) is 57.8 Å². The maximum absolute atomic E-state index is 12.6. The van der Waals surface area contributed by atoms with Gasteiger partial charge in [0.1, 0.15) is 31.5 Å². The van der Waals surface area contributed by atoms with Crippen LogP contribution in [0.4, 0.5) is 0 Å². The molecular weight excluding hydrogens is 374 g/mol. The zero-order valence-electron chi connectivity index (χ0n) is 17.0. The molecule has 0 saturated carbocycles. The van der Waals surface area contributed by atoms with E-state index in [1.165, 1.54) is 0 Å². The number of aromatic nitrogens is 2. The highest BCUT2D eigenvalue weighted by atomic mass is 16.7. The van der Waals surface area contributed by atoms with Crippen molar-refractivity contribution in [2.75, 3.05) is 32.9 Å². The second-order valence-corrected chi connectivity index (χ2v) is 7.03. The van der Waals surface area contributed by atoms with E-state index < -0.39 is 12.4 Å². The minimum Gasteiger partial charge on any atom is -0.491 e. The van der Waals surface area contributed by atoms with Gasteiger partial charge in [0.05, 0.1) is 17.8 Å². The normalized spacial score (nSPS) is 17.2. The third-order valence-corrected chi connectivity index (χ3v) is 4.83. The molecule has 0 fully saturated rings. The number of nitrogens with one attached hydrogen (secondary N) is 2. The fourth-order valence-corrected chi connectivity index (χ4v) is 3.48. The van der Waals surface area contributed by atoms with Gasteiger partial charge in [0.15, 0.2) is 5.82 Å². The third-order valence-electron chi connectivity index (χ3n) is 4.83. The minimum absolute atomic E-state index is 0.165. The molecule has 3 rings (SSSR count). The van der Waals surface area contributed by atoms with Gasteiger partial charge in [-0.15, -0.1) is 0 Å². The summed E-state index contributed by atoms with van der Waals surface area (Å²) in [6.07, 6.45) is -0.609. The largest absolute Gasteiger partial charge is 0.491 e. The summed E-state index contributed by atoms with van der Waals surface area (Å²) in [7, 11) is 0. The lowest BCUT2D eigenvalue weighted by molar-refractivity contribution is -0.919. The van der Waals surface area contributed by atoms with Crippen molar-refractivity contribution in [2.24, 2.45) is 0 Å². The van der Waals surface area contributed by atoms with Crippen LogP contribution >= 0.6 is 0 Å². The fraction of sp³-hybridized carbons (Fsp3) is 0.524. The second kappa shape index (κ2) is 10.5. The van der Waals surface area contributed by atoms with Crippen molar-refractivity contribution in [2.45, 2.75) is 39.2 Å². The fourth-order valence-electron chi connectivity index (χ4n) is 3.48. The molecule has 0 saturated heterocycles. The molecule has 1 aliphatic heterocycles. The van der Waals surface area contributed by atoms with Gasteiger partial charge in [0, 0.05) is 19.6 Å². The standard InChI is InChI=1S/C21H29N3O5/c1-3-27-21(28-4-2)19-22-18-10-11-24(13-17(18)20(26)23-19)12-15(25)14-29-16-8-6-5-7-9-16/h5-9,15,21,25H,3-4,10-14H2,1-2H3,(H,22,23,26)/p+1/t15-/m0/s1. The number of H-pyrrole nitrogens is 1. The van der Waals surface area contributed by atoms with Gasteiger partial charge in [0.2, 0.25) is 6.29 Å². The van der Waals surface area contributed by atoms with Crippen LogP contribution in [0.5, 0.6) is 5.75 Å². The zero-order chi connectivity index (χ0) is 20.6. The van der Waals surface area contributed by atoms with E-state index in [4.69, 9.17) is 14.2 Å². The Balaban J connectivity index is 1.61. The van der Waals surface area contributed by atoms with E-state index in [9.17, 15) is 9.90 Å². The van der Waals surface area contributed by atoms with Gasteiger partial charge in [-0.3, -0.25) is 4.79 Å². The summed E-state index contributed by atoms with van der Waals surface area (Å²) in [4.78, 5) is 21.2. The van der Waals surface area contributed by atoms with Crippen LogP contribution in [0.15, 0.2) is 35.1 Å². The maximum Gasteiger partial charge on any atom is 0.260 e. The number of para-hydroxylation sites is 1. The highest BCUT2D eigenvalue weighted by molar-refractivity contribution is 5.21. The van der Waals surface area contributed by atoms with Crippen LogP contribution in [-0.4, -0.2) is 54.1 Å². The van der Waals surface area contributed by atoms with E-state index in [0.717, 1.165) is 22.9 Å². The molecule has 1 aliphatic rings. The van der Waals surface area contributed by atoms with Gasteiger partial charge in [0.25, 0.3) is 5.56 Å². The molecule has 8 nitrogen and oxygen atoms in total. The van der Waals surface area contributed by atoms with Crippen molar-refractivity contribution < 1.29 is 24.2 Å². The second-order valence-electron chi connectivity index (χ2n) is 7.03. The van der Waals surface area contributed by atoms with Gasteiger partial charge in [-0.25, -0.2) is 4.98 Å². The van der Waals surface area contributed by atoms with Gasteiger partial charge in [-0.2, -0.15) is 0 Å². The summed E-state index contributed by atoms with van der Waals surface area (Å²) >= 11 is 0. The quantitative estimate of drug-likeness (QED) is 0.490. The molecule has 2 heterocycles. The van der Waals surface area contributed by atoms with Gasteiger partial charge >= 0.3 is 0 Å². The predicted molar refractivity (Wildman–Crippen MR) is 107 cm³/mol. The van der Waals surface area contributed by atoms with Crippen molar-refractivity contribution in [1.29, 1.82) is 0 Å². The highest BCUT2D eigenvalue weighted by Gasteiger charge is 2.27. The van der Waals surface area contributed by atoms with Crippen LogP contribution in [0.1, 0.15) is 37.2 Å². The number of aliphatic hydroxyl groups is 1. The van der Waals surface area contributed by atoms with Crippen molar-refractivity contribution in [3.8, 4) is 5.75 Å². The van der Waals surface area contributed by atoms with E-state index in [1.807, 2.05) is 44.2 Å². The molecule has 8 heteroatoms. The van der Waals surface area contributed by atoms with Crippen LogP contribution in [0.25, 0.3) is 0 Å². The zero-order valence-corrected chi connectivity index (χ0v) is 17.0. The Morgan fingerprint density at radius 2 is 1.93 bits per heavy atom. The van der Waals surface area contributed by atoms with E-state index in [1.54, 1.807) is 0 Å². The molecule has 0 spiro atoms. The Bertz CT molecular complexity index is 821. The van der Waals surface area contributed by atoms with Crippen molar-refractivity contribution in [1.82, 2.24) is 9.97 Å². The average molecular weight is 404 g/mol. The number of aliphatic hydroxyl groups excluding tert-OH is 1. The summed E-state index contributed by atoms with van der Waals surface area (Å²) in [6.45, 7) is 6.71. The molecule has 158 valence electrons. The van der Waals surface area contributed by atoms with E-state index in [-0.39, 0.29) is 12.2 Å². The first-order chi connectivity index (χ1) is 14.1. The number of hydrogen-bond donors (Lipinski definition) is 3. The van der Waals surface area contributed by atoms with Gasteiger partial charge < -0.3 is 29.2 Å². The first-order valence-corrected chi connectivity index (χ1v) is 10.1. The Labute approximate surface area is 170 Å². The smallest absolute Gasteiger partial charge is 0.260 e. The molecular formula is C21H30N3O5+. The Kier molecular flexibility index (Phi) is 7.76. The average Bonchev–Trinajstić information content (AvgIpc) is 2.73. The maximum atomic E-state index is 12.6. The van der Waals surface area contributed by atoms with Crippen molar-refractivity contribution in [3.63, 3.8) is 0 Å². The molecule has 2 atom stereocenters. The number of ether oxygens (including phenoxy) is 3. The predicted octanol–water partition coefficient (Wildman–Crippen LogP) is 0.222. The summed E-state index contributed by atoms with van der Waals surface area (Å²) in [5, 5.41) is 10.3. The topological polar surface area (TPSA) is 98.1 Å². The number of quaternary nitrogens is 1. The molecule has 3 N–H and O–H groups in total. The molecule has 2 aromatic rings. The molecule has 1 aromatic carbocycles. The Morgan fingerprint density at radius 1 is 1.21 bits per heavy atom. The Hall–Kier alpha value is -2.26. The molecule has 1 unspecified atom stereocenters. The van der Waals surface area contributed by atoms with Crippen molar-refractivity contribution >= 4 is 0 Å². The number of hydrogen-bond acceptors (Lipinski definition) is 6. The lowest BCUT2D eigenvalue weighted by Gasteiger charge is -2.27. The van der Waals surface area contributed by atoms with Crippen LogP contribution in [0, 0.1) is 0 Å². The first-order valence-electron chi connectivity index (χ1n) is 10.1. The summed E-state index contributed by atoms with van der Waals surface area (Å²) in [6, 6.07) is 9.42.